The Hall–Kier alpha value is -6.62. The molecule has 0 unspecified atom stereocenters. The van der Waals surface area contributed by atoms with Crippen molar-refractivity contribution >= 4 is 75.1 Å². The van der Waals surface area contributed by atoms with Gasteiger partial charge in [0.1, 0.15) is 11.2 Å². The molecule has 0 spiro atoms. The van der Waals surface area contributed by atoms with Crippen molar-refractivity contribution in [3.63, 3.8) is 0 Å². The number of thiophene rings is 1. The van der Waals surface area contributed by atoms with E-state index in [4.69, 9.17) is 14.4 Å². The van der Waals surface area contributed by atoms with Crippen LogP contribution in [0, 0.1) is 0 Å². The number of benzene rings is 8. The fraction of sp³-hybridized carbons (Fsp3) is 0. The Kier molecular flexibility index (Phi) is 6.42. The van der Waals surface area contributed by atoms with Crippen molar-refractivity contribution in [1.29, 1.82) is 0 Å². The molecule has 3 aromatic heterocycles. The lowest BCUT2D eigenvalue weighted by atomic mass is 9.94. The summed E-state index contributed by atoms with van der Waals surface area (Å²) < 4.78 is 9.03. The lowest BCUT2D eigenvalue weighted by molar-refractivity contribution is 0.673. The third kappa shape index (κ3) is 4.51. The molecule has 0 fully saturated rings. The first-order valence-electron chi connectivity index (χ1n) is 17.5. The quantitative estimate of drug-likeness (QED) is 0.186. The molecule has 4 heteroatoms. The molecule has 0 N–H and O–H groups in total. The van der Waals surface area contributed by atoms with E-state index in [-0.39, 0.29) is 0 Å². The third-order valence-corrected chi connectivity index (χ3v) is 11.5. The molecule has 242 valence electrons. The summed E-state index contributed by atoms with van der Waals surface area (Å²) in [4.78, 5) is 10.7. The van der Waals surface area contributed by atoms with Gasteiger partial charge in [-0.05, 0) is 62.7 Å². The number of hydrogen-bond acceptors (Lipinski definition) is 4. The molecule has 0 amide bonds. The van der Waals surface area contributed by atoms with Crippen LogP contribution in [0.25, 0.3) is 109 Å². The molecular weight excluding hydrogens is 653 g/mol. The summed E-state index contributed by atoms with van der Waals surface area (Å²) >= 11 is 1.76. The monoisotopic (exact) mass is 680 g/mol. The van der Waals surface area contributed by atoms with Gasteiger partial charge in [-0.1, -0.05) is 146 Å². The van der Waals surface area contributed by atoms with Crippen molar-refractivity contribution in [2.24, 2.45) is 0 Å². The molecule has 0 aliphatic carbocycles. The van der Waals surface area contributed by atoms with Crippen molar-refractivity contribution < 1.29 is 4.42 Å². The van der Waals surface area contributed by atoms with E-state index < -0.39 is 0 Å². The van der Waals surface area contributed by atoms with Gasteiger partial charge in [-0.25, -0.2) is 9.97 Å². The molecule has 8 aromatic carbocycles. The number of furan rings is 1. The first-order chi connectivity index (χ1) is 25.8. The van der Waals surface area contributed by atoms with Gasteiger partial charge in [0.05, 0.1) is 15.9 Å². The van der Waals surface area contributed by atoms with Gasteiger partial charge in [-0.3, -0.25) is 0 Å². The Balaban J connectivity index is 1.14. The second-order valence-corrected chi connectivity index (χ2v) is 14.4. The van der Waals surface area contributed by atoms with E-state index in [9.17, 15) is 0 Å². The number of nitrogens with zero attached hydrogens (tertiary/aromatic N) is 2. The van der Waals surface area contributed by atoms with Crippen LogP contribution in [0.5, 0.6) is 0 Å². The zero-order chi connectivity index (χ0) is 34.2. The van der Waals surface area contributed by atoms with E-state index in [1.807, 2.05) is 6.07 Å². The highest BCUT2D eigenvalue weighted by Gasteiger charge is 2.21. The Morgan fingerprint density at radius 1 is 0.442 bits per heavy atom. The first kappa shape index (κ1) is 29.1. The zero-order valence-electron chi connectivity index (χ0n) is 27.9. The van der Waals surface area contributed by atoms with Crippen LogP contribution in [0.3, 0.4) is 0 Å². The summed E-state index contributed by atoms with van der Waals surface area (Å²) in [6, 6.07) is 60.2. The third-order valence-electron chi connectivity index (χ3n) is 10.3. The lowest BCUT2D eigenvalue weighted by Gasteiger charge is -2.11. The summed E-state index contributed by atoms with van der Waals surface area (Å²) in [5.41, 5.74) is 10.4. The van der Waals surface area contributed by atoms with Crippen molar-refractivity contribution in [3.05, 3.63) is 170 Å². The van der Waals surface area contributed by atoms with Gasteiger partial charge >= 0.3 is 0 Å². The van der Waals surface area contributed by atoms with E-state index >= 15 is 0 Å². The molecule has 52 heavy (non-hydrogen) atoms. The number of fused-ring (bicyclic) bond motifs is 9. The predicted molar refractivity (Wildman–Crippen MR) is 219 cm³/mol. The second kappa shape index (κ2) is 11.5. The van der Waals surface area contributed by atoms with E-state index in [1.54, 1.807) is 11.3 Å². The molecule has 3 nitrogen and oxygen atoms in total. The minimum Gasteiger partial charge on any atom is -0.455 e. The van der Waals surface area contributed by atoms with Crippen LogP contribution in [0.1, 0.15) is 0 Å². The van der Waals surface area contributed by atoms with Crippen LogP contribution in [0.15, 0.2) is 174 Å². The maximum absolute atomic E-state index is 6.72. The minimum absolute atomic E-state index is 0.708. The highest BCUT2D eigenvalue weighted by Crippen LogP contribution is 2.45. The maximum atomic E-state index is 6.72. The topological polar surface area (TPSA) is 38.9 Å². The standard InChI is InChI=1S/C48H28N2OS/c1-2-12-32(13-3-1)44-47-45(38-17-8-9-20-42(38)52-47)50-48(49-44)39-28-40-43-35(18-10-19-41(43)51-46(40)37-16-7-6-15-36(37)39)31-24-21-30(22-25-31)34-26-23-29-11-4-5-14-33(29)27-34/h1-28H. The molecule has 0 radical (unpaired) electrons. The minimum atomic E-state index is 0.708. The molecule has 0 bridgehead atoms. The zero-order valence-corrected chi connectivity index (χ0v) is 28.7. The smallest absolute Gasteiger partial charge is 0.161 e. The number of rotatable bonds is 4. The van der Waals surface area contributed by atoms with Crippen LogP contribution in [0.4, 0.5) is 0 Å². The molecule has 11 rings (SSSR count). The fourth-order valence-corrected chi connectivity index (χ4v) is 8.94. The lowest BCUT2D eigenvalue weighted by Crippen LogP contribution is -1.94. The molecule has 0 atom stereocenters. The highest BCUT2D eigenvalue weighted by molar-refractivity contribution is 7.26. The molecule has 0 aliphatic rings. The average molecular weight is 681 g/mol. The Morgan fingerprint density at radius 3 is 2.02 bits per heavy atom. The summed E-state index contributed by atoms with van der Waals surface area (Å²) in [7, 11) is 0. The molecule has 0 aliphatic heterocycles. The van der Waals surface area contributed by atoms with Gasteiger partial charge in [-0.15, -0.1) is 11.3 Å². The summed E-state index contributed by atoms with van der Waals surface area (Å²) in [5.74, 6) is 0.708. The largest absolute Gasteiger partial charge is 0.455 e. The van der Waals surface area contributed by atoms with Gasteiger partial charge in [0, 0.05) is 37.4 Å². The van der Waals surface area contributed by atoms with Crippen LogP contribution < -0.4 is 0 Å². The maximum Gasteiger partial charge on any atom is 0.161 e. The predicted octanol–water partition coefficient (Wildman–Crippen LogP) is 13.7. The van der Waals surface area contributed by atoms with Crippen LogP contribution in [-0.4, -0.2) is 9.97 Å². The van der Waals surface area contributed by atoms with E-state index in [0.717, 1.165) is 76.3 Å². The highest BCUT2D eigenvalue weighted by atomic mass is 32.1. The van der Waals surface area contributed by atoms with Gasteiger partial charge in [0.15, 0.2) is 5.82 Å². The van der Waals surface area contributed by atoms with E-state index in [2.05, 4.69) is 164 Å². The molecule has 0 saturated carbocycles. The Labute approximate surface area is 303 Å². The van der Waals surface area contributed by atoms with Crippen molar-refractivity contribution in [2.45, 2.75) is 0 Å². The normalized spacial score (nSPS) is 11.8. The molecule has 0 saturated heterocycles. The van der Waals surface area contributed by atoms with E-state index in [1.165, 1.54) is 26.6 Å². The van der Waals surface area contributed by atoms with Crippen LogP contribution >= 0.6 is 11.3 Å². The fourth-order valence-electron chi connectivity index (χ4n) is 7.79. The SMILES string of the molecule is c1ccc(-c2nc(-c3cc4c(oc5cccc(-c6ccc(-c7ccc8ccccc8c7)cc6)c54)c4ccccc34)nc3c2sc2ccccc23)cc1. The molecule has 3 heterocycles. The molecular formula is C48H28N2OS. The summed E-state index contributed by atoms with van der Waals surface area (Å²) in [6.45, 7) is 0. The summed E-state index contributed by atoms with van der Waals surface area (Å²) in [5, 5.41) is 7.90. The number of hydrogen-bond donors (Lipinski definition) is 0. The van der Waals surface area contributed by atoms with Crippen molar-refractivity contribution in [2.75, 3.05) is 0 Å². The van der Waals surface area contributed by atoms with E-state index in [0.29, 0.717) is 5.82 Å². The van der Waals surface area contributed by atoms with Crippen LogP contribution in [0.2, 0.25) is 0 Å². The van der Waals surface area contributed by atoms with Crippen LogP contribution in [-0.2, 0) is 0 Å². The van der Waals surface area contributed by atoms with Gasteiger partial charge in [0.25, 0.3) is 0 Å². The Morgan fingerprint density at radius 2 is 1.15 bits per heavy atom. The molecule has 11 aromatic rings. The second-order valence-electron chi connectivity index (χ2n) is 13.3. The van der Waals surface area contributed by atoms with Crippen molar-refractivity contribution in [3.8, 4) is 44.9 Å². The average Bonchev–Trinajstić information content (AvgIpc) is 3.79. The number of aromatic nitrogens is 2. The van der Waals surface area contributed by atoms with Gasteiger partial charge < -0.3 is 4.42 Å². The first-order valence-corrected chi connectivity index (χ1v) is 18.3. The van der Waals surface area contributed by atoms with Gasteiger partial charge in [-0.2, -0.15) is 0 Å². The summed E-state index contributed by atoms with van der Waals surface area (Å²) in [6.07, 6.45) is 0. The van der Waals surface area contributed by atoms with Gasteiger partial charge in [0.2, 0.25) is 0 Å². The van der Waals surface area contributed by atoms with Crippen molar-refractivity contribution in [1.82, 2.24) is 9.97 Å². The Bertz CT molecular complexity index is 3180.